The lowest BCUT2D eigenvalue weighted by Gasteiger charge is -2.24. The van der Waals surface area contributed by atoms with E-state index in [4.69, 9.17) is 16.1 Å². The largest absolute Gasteiger partial charge is 0.337 e. The molecule has 0 amide bonds. The Balaban J connectivity index is 1.95. The molecule has 106 valence electrons. The Hall–Kier alpha value is -1.46. The first-order chi connectivity index (χ1) is 9.75. The molecule has 2 aromatic heterocycles. The first-order valence-electron chi connectivity index (χ1n) is 6.95. The third-order valence-corrected chi connectivity index (χ3v) is 4.03. The van der Waals surface area contributed by atoms with Gasteiger partial charge in [-0.15, -0.1) is 0 Å². The number of hydrogen-bond donors (Lipinski definition) is 1. The van der Waals surface area contributed by atoms with Gasteiger partial charge in [-0.1, -0.05) is 30.1 Å². The average Bonchev–Trinajstić information content (AvgIpc) is 3.09. The maximum atomic E-state index is 6.12. The molecule has 1 N–H and O–H groups in total. The van der Waals surface area contributed by atoms with Crippen molar-refractivity contribution in [3.8, 4) is 11.5 Å². The molecule has 20 heavy (non-hydrogen) atoms. The second-order valence-electron chi connectivity index (χ2n) is 5.12. The number of pyridine rings is 1. The van der Waals surface area contributed by atoms with Gasteiger partial charge in [-0.25, -0.2) is 0 Å². The van der Waals surface area contributed by atoms with E-state index in [0.29, 0.717) is 22.4 Å². The molecule has 0 spiro atoms. The van der Waals surface area contributed by atoms with E-state index in [9.17, 15) is 0 Å². The number of halogens is 1. The van der Waals surface area contributed by atoms with Gasteiger partial charge in [0.2, 0.25) is 11.7 Å². The highest BCUT2D eigenvalue weighted by Gasteiger charge is 2.39. The van der Waals surface area contributed by atoms with Crippen LogP contribution in [-0.4, -0.2) is 21.7 Å². The third-order valence-electron chi connectivity index (χ3n) is 3.73. The van der Waals surface area contributed by atoms with Crippen molar-refractivity contribution in [1.29, 1.82) is 0 Å². The molecule has 2 aromatic rings. The summed E-state index contributed by atoms with van der Waals surface area (Å²) in [4.78, 5) is 8.75. The van der Waals surface area contributed by atoms with E-state index in [1.54, 1.807) is 18.3 Å². The zero-order chi connectivity index (χ0) is 14.0. The van der Waals surface area contributed by atoms with Crippen LogP contribution in [0.2, 0.25) is 5.02 Å². The predicted octanol–water partition coefficient (Wildman–Crippen LogP) is 3.16. The van der Waals surface area contributed by atoms with Crippen LogP contribution in [0.15, 0.2) is 22.9 Å². The fraction of sp³-hybridized carbons (Fsp3) is 0.500. The normalized spacial score (nSPS) is 22.3. The van der Waals surface area contributed by atoms with Crippen LogP contribution in [-0.2, 0) is 5.54 Å². The summed E-state index contributed by atoms with van der Waals surface area (Å²) in [6.07, 6.45) is 5.88. The molecule has 0 aromatic carbocycles. The standard InChI is InChI=1S/C14H17ClN4O/c1-2-6-14(7-4-9-17-14)13-18-12(19-20-13)11-10(15)5-3-8-16-11/h3,5,8,17H,2,4,6-7,9H2,1H3. The van der Waals surface area contributed by atoms with E-state index in [-0.39, 0.29) is 5.54 Å². The van der Waals surface area contributed by atoms with Gasteiger partial charge < -0.3 is 9.84 Å². The second kappa shape index (κ2) is 5.50. The van der Waals surface area contributed by atoms with Gasteiger partial charge in [0.15, 0.2) is 0 Å². The molecule has 5 nitrogen and oxygen atoms in total. The highest BCUT2D eigenvalue weighted by Crippen LogP contribution is 2.35. The van der Waals surface area contributed by atoms with E-state index in [0.717, 1.165) is 32.2 Å². The van der Waals surface area contributed by atoms with Crippen molar-refractivity contribution >= 4 is 11.6 Å². The van der Waals surface area contributed by atoms with Gasteiger partial charge in [0.25, 0.3) is 0 Å². The van der Waals surface area contributed by atoms with Crippen LogP contribution >= 0.6 is 11.6 Å². The van der Waals surface area contributed by atoms with Crippen molar-refractivity contribution in [2.75, 3.05) is 6.54 Å². The first kappa shape index (κ1) is 13.5. The van der Waals surface area contributed by atoms with Crippen LogP contribution in [0.25, 0.3) is 11.5 Å². The molecule has 0 bridgehead atoms. The Morgan fingerprint density at radius 1 is 1.50 bits per heavy atom. The zero-order valence-electron chi connectivity index (χ0n) is 11.4. The summed E-state index contributed by atoms with van der Waals surface area (Å²) in [6.45, 7) is 3.15. The second-order valence-corrected chi connectivity index (χ2v) is 5.53. The lowest BCUT2D eigenvalue weighted by Crippen LogP contribution is -2.36. The van der Waals surface area contributed by atoms with Gasteiger partial charge >= 0.3 is 0 Å². The number of hydrogen-bond acceptors (Lipinski definition) is 5. The average molecular weight is 293 g/mol. The molecule has 1 aliphatic rings. The first-order valence-corrected chi connectivity index (χ1v) is 7.33. The quantitative estimate of drug-likeness (QED) is 0.938. The molecule has 6 heteroatoms. The molecule has 1 fully saturated rings. The van der Waals surface area contributed by atoms with Crippen molar-refractivity contribution in [3.63, 3.8) is 0 Å². The van der Waals surface area contributed by atoms with Crippen molar-refractivity contribution in [1.82, 2.24) is 20.4 Å². The fourth-order valence-electron chi connectivity index (χ4n) is 2.80. The SMILES string of the molecule is CCCC1(c2nc(-c3ncccc3Cl)no2)CCCN1. The summed E-state index contributed by atoms with van der Waals surface area (Å²) >= 11 is 6.12. The topological polar surface area (TPSA) is 63.8 Å². The Labute approximate surface area is 122 Å². The molecule has 0 radical (unpaired) electrons. The molecule has 1 unspecified atom stereocenters. The third kappa shape index (κ3) is 2.31. The van der Waals surface area contributed by atoms with Crippen LogP contribution in [0.3, 0.4) is 0 Å². The molecule has 0 aliphatic carbocycles. The van der Waals surface area contributed by atoms with Gasteiger partial charge in [0.05, 0.1) is 10.6 Å². The minimum absolute atomic E-state index is 0.179. The molecule has 1 atom stereocenters. The van der Waals surface area contributed by atoms with Crippen LogP contribution in [0, 0.1) is 0 Å². The summed E-state index contributed by atoms with van der Waals surface area (Å²) in [5.74, 6) is 1.10. The summed E-state index contributed by atoms with van der Waals surface area (Å²) in [5.41, 5.74) is 0.384. The number of nitrogens with one attached hydrogen (secondary N) is 1. The van der Waals surface area contributed by atoms with Crippen LogP contribution in [0.4, 0.5) is 0 Å². The molecular formula is C14H17ClN4O. The molecule has 1 saturated heterocycles. The number of aromatic nitrogens is 3. The maximum Gasteiger partial charge on any atom is 0.247 e. The minimum atomic E-state index is -0.179. The summed E-state index contributed by atoms with van der Waals surface area (Å²) in [7, 11) is 0. The highest BCUT2D eigenvalue weighted by molar-refractivity contribution is 6.32. The summed E-state index contributed by atoms with van der Waals surface area (Å²) < 4.78 is 5.49. The van der Waals surface area contributed by atoms with Crippen LogP contribution < -0.4 is 5.32 Å². The van der Waals surface area contributed by atoms with E-state index >= 15 is 0 Å². The van der Waals surface area contributed by atoms with Gasteiger partial charge in [0.1, 0.15) is 5.69 Å². The molecule has 0 saturated carbocycles. The van der Waals surface area contributed by atoms with E-state index in [1.807, 2.05) is 0 Å². The van der Waals surface area contributed by atoms with Crippen molar-refractivity contribution in [2.24, 2.45) is 0 Å². The molecule has 1 aliphatic heterocycles. The van der Waals surface area contributed by atoms with Crippen molar-refractivity contribution in [3.05, 3.63) is 29.2 Å². The number of rotatable bonds is 4. The van der Waals surface area contributed by atoms with Crippen molar-refractivity contribution < 1.29 is 4.52 Å². The van der Waals surface area contributed by atoms with E-state index in [1.165, 1.54) is 0 Å². The Bertz CT molecular complexity index is 592. The molecule has 3 heterocycles. The lowest BCUT2D eigenvalue weighted by atomic mass is 9.92. The van der Waals surface area contributed by atoms with Gasteiger partial charge in [-0.05, 0) is 37.9 Å². The van der Waals surface area contributed by atoms with Crippen LogP contribution in [0.5, 0.6) is 0 Å². The zero-order valence-corrected chi connectivity index (χ0v) is 12.2. The smallest absolute Gasteiger partial charge is 0.247 e. The summed E-state index contributed by atoms with van der Waals surface area (Å²) in [5, 5.41) is 8.09. The fourth-order valence-corrected chi connectivity index (χ4v) is 3.01. The number of nitrogens with zero attached hydrogens (tertiary/aromatic N) is 3. The van der Waals surface area contributed by atoms with E-state index in [2.05, 4.69) is 27.4 Å². The minimum Gasteiger partial charge on any atom is -0.337 e. The van der Waals surface area contributed by atoms with Crippen LogP contribution in [0.1, 0.15) is 38.5 Å². The monoisotopic (exact) mass is 292 g/mol. The Kier molecular flexibility index (Phi) is 3.72. The van der Waals surface area contributed by atoms with Gasteiger partial charge in [-0.3, -0.25) is 4.98 Å². The van der Waals surface area contributed by atoms with Gasteiger partial charge in [-0.2, -0.15) is 4.98 Å². The maximum absolute atomic E-state index is 6.12. The Morgan fingerprint density at radius 3 is 3.10 bits per heavy atom. The predicted molar refractivity (Wildman–Crippen MR) is 76.4 cm³/mol. The summed E-state index contributed by atoms with van der Waals surface area (Å²) in [6, 6.07) is 3.56. The molecular weight excluding hydrogens is 276 g/mol. The lowest BCUT2D eigenvalue weighted by molar-refractivity contribution is 0.241. The van der Waals surface area contributed by atoms with Crippen molar-refractivity contribution in [2.45, 2.75) is 38.1 Å². The van der Waals surface area contributed by atoms with E-state index < -0.39 is 0 Å². The Morgan fingerprint density at radius 2 is 2.40 bits per heavy atom. The highest BCUT2D eigenvalue weighted by atomic mass is 35.5. The molecule has 3 rings (SSSR count). The van der Waals surface area contributed by atoms with Gasteiger partial charge in [0, 0.05) is 6.20 Å².